The minimum absolute atomic E-state index is 0.134. The number of anilines is 2. The third-order valence-corrected chi connectivity index (χ3v) is 4.77. The number of amides is 3. The third kappa shape index (κ3) is 3.49. The first kappa shape index (κ1) is 16.3. The molecule has 0 aliphatic carbocycles. The average Bonchev–Trinajstić information content (AvgIpc) is 2.83. The highest BCUT2D eigenvalue weighted by molar-refractivity contribution is 8.00. The molecule has 0 saturated carbocycles. The van der Waals surface area contributed by atoms with E-state index in [4.69, 9.17) is 0 Å². The van der Waals surface area contributed by atoms with Crippen molar-refractivity contribution in [3.05, 3.63) is 54.6 Å². The zero-order valence-corrected chi connectivity index (χ0v) is 13.9. The fraction of sp³-hybridized carbons (Fsp3) is 0.167. The number of hydrogen-bond acceptors (Lipinski definition) is 4. The Hall–Kier alpha value is -2.60. The summed E-state index contributed by atoms with van der Waals surface area (Å²) >= 11 is 1.36. The molecule has 1 fully saturated rings. The van der Waals surface area contributed by atoms with Crippen LogP contribution in [0.15, 0.2) is 59.5 Å². The second kappa shape index (κ2) is 6.88. The lowest BCUT2D eigenvalue weighted by atomic mass is 10.3. The lowest BCUT2D eigenvalue weighted by molar-refractivity contribution is -0.121. The molecule has 1 saturated heterocycles. The van der Waals surface area contributed by atoms with Crippen LogP contribution in [0.4, 0.5) is 11.4 Å². The van der Waals surface area contributed by atoms with E-state index in [1.165, 1.54) is 23.6 Å². The third-order valence-electron chi connectivity index (χ3n) is 3.57. The maximum Gasteiger partial charge on any atom is 0.247 e. The SMILES string of the molecule is CC(=O)Nc1ccc(SC2CC(=O)N(c3ccccc3)C2=O)cc1. The minimum atomic E-state index is -0.427. The Balaban J connectivity index is 1.71. The van der Waals surface area contributed by atoms with Gasteiger partial charge < -0.3 is 5.32 Å². The molecule has 0 spiro atoms. The fourth-order valence-corrected chi connectivity index (χ4v) is 3.58. The summed E-state index contributed by atoms with van der Waals surface area (Å²) in [6, 6.07) is 16.2. The Morgan fingerprint density at radius 1 is 1.08 bits per heavy atom. The first-order chi connectivity index (χ1) is 11.5. The van der Waals surface area contributed by atoms with Gasteiger partial charge >= 0.3 is 0 Å². The van der Waals surface area contributed by atoms with Gasteiger partial charge in [0.15, 0.2) is 0 Å². The summed E-state index contributed by atoms with van der Waals surface area (Å²) in [5.74, 6) is -0.508. The van der Waals surface area contributed by atoms with Crippen molar-refractivity contribution in [3.8, 4) is 0 Å². The molecule has 122 valence electrons. The van der Waals surface area contributed by atoms with Crippen LogP contribution in [0.2, 0.25) is 0 Å². The Bertz CT molecular complexity index is 775. The van der Waals surface area contributed by atoms with Gasteiger partial charge in [0.25, 0.3) is 0 Å². The molecule has 0 bridgehead atoms. The van der Waals surface area contributed by atoms with Crippen molar-refractivity contribution in [2.75, 3.05) is 10.2 Å². The van der Waals surface area contributed by atoms with E-state index in [0.29, 0.717) is 11.4 Å². The first-order valence-corrected chi connectivity index (χ1v) is 8.39. The standard InChI is InChI=1S/C18H16N2O3S/c1-12(21)19-13-7-9-15(10-8-13)24-16-11-17(22)20(18(16)23)14-5-3-2-4-6-14/h2-10,16H,11H2,1H3,(H,19,21). The quantitative estimate of drug-likeness (QED) is 0.869. The zero-order chi connectivity index (χ0) is 17.1. The number of benzene rings is 2. The van der Waals surface area contributed by atoms with Crippen molar-refractivity contribution in [2.24, 2.45) is 0 Å². The van der Waals surface area contributed by atoms with E-state index in [9.17, 15) is 14.4 Å². The van der Waals surface area contributed by atoms with Crippen molar-refractivity contribution in [3.63, 3.8) is 0 Å². The molecule has 3 amide bonds. The summed E-state index contributed by atoms with van der Waals surface area (Å²) < 4.78 is 0. The van der Waals surface area contributed by atoms with E-state index in [1.54, 1.807) is 36.4 Å². The van der Waals surface area contributed by atoms with Crippen LogP contribution in [-0.2, 0) is 14.4 Å². The van der Waals surface area contributed by atoms with Crippen LogP contribution < -0.4 is 10.2 Å². The second-order valence-corrected chi connectivity index (χ2v) is 6.70. The molecular weight excluding hydrogens is 324 g/mol. The summed E-state index contributed by atoms with van der Waals surface area (Å²) in [6.45, 7) is 1.45. The van der Waals surface area contributed by atoms with Crippen LogP contribution in [0.1, 0.15) is 13.3 Å². The molecule has 1 unspecified atom stereocenters. The molecule has 1 N–H and O–H groups in total. The number of imide groups is 1. The number of carbonyl (C=O) groups excluding carboxylic acids is 3. The predicted octanol–water partition coefficient (Wildman–Crippen LogP) is 3.07. The number of nitrogens with one attached hydrogen (secondary N) is 1. The van der Waals surface area contributed by atoms with Crippen molar-refractivity contribution < 1.29 is 14.4 Å². The summed E-state index contributed by atoms with van der Waals surface area (Å²) in [6.07, 6.45) is 0.186. The van der Waals surface area contributed by atoms with Crippen LogP contribution in [0.3, 0.4) is 0 Å². The van der Waals surface area contributed by atoms with E-state index in [1.807, 2.05) is 18.2 Å². The maximum atomic E-state index is 12.6. The molecule has 1 atom stereocenters. The van der Waals surface area contributed by atoms with E-state index < -0.39 is 5.25 Å². The zero-order valence-electron chi connectivity index (χ0n) is 13.1. The molecule has 1 aliphatic rings. The summed E-state index contributed by atoms with van der Waals surface area (Å²) in [4.78, 5) is 37.9. The van der Waals surface area contributed by atoms with Gasteiger partial charge in [-0.05, 0) is 36.4 Å². The molecule has 0 radical (unpaired) electrons. The van der Waals surface area contributed by atoms with Gasteiger partial charge in [0, 0.05) is 23.9 Å². The summed E-state index contributed by atoms with van der Waals surface area (Å²) in [5, 5.41) is 2.27. The first-order valence-electron chi connectivity index (χ1n) is 7.51. The van der Waals surface area contributed by atoms with Gasteiger partial charge in [-0.2, -0.15) is 0 Å². The van der Waals surface area contributed by atoms with E-state index in [-0.39, 0.29) is 24.1 Å². The maximum absolute atomic E-state index is 12.6. The molecular formula is C18H16N2O3S. The van der Waals surface area contributed by atoms with Crippen molar-refractivity contribution in [2.45, 2.75) is 23.5 Å². The highest BCUT2D eigenvalue weighted by atomic mass is 32.2. The van der Waals surface area contributed by atoms with Gasteiger partial charge in [-0.25, -0.2) is 4.90 Å². The number of hydrogen-bond donors (Lipinski definition) is 1. The molecule has 24 heavy (non-hydrogen) atoms. The van der Waals surface area contributed by atoms with E-state index in [0.717, 1.165) is 4.90 Å². The molecule has 1 aliphatic heterocycles. The highest BCUT2D eigenvalue weighted by Gasteiger charge is 2.39. The van der Waals surface area contributed by atoms with E-state index >= 15 is 0 Å². The lowest BCUT2D eigenvalue weighted by Gasteiger charge is -2.14. The van der Waals surface area contributed by atoms with Gasteiger partial charge in [0.1, 0.15) is 0 Å². The Labute approximate surface area is 144 Å². The topological polar surface area (TPSA) is 66.5 Å². The van der Waals surface area contributed by atoms with Crippen LogP contribution in [0.25, 0.3) is 0 Å². The number of rotatable bonds is 4. The number of carbonyl (C=O) groups is 3. The van der Waals surface area contributed by atoms with Crippen LogP contribution >= 0.6 is 11.8 Å². The second-order valence-electron chi connectivity index (χ2n) is 5.42. The fourth-order valence-electron chi connectivity index (χ4n) is 2.53. The van der Waals surface area contributed by atoms with Gasteiger partial charge in [0.2, 0.25) is 17.7 Å². The average molecular weight is 340 g/mol. The Morgan fingerprint density at radius 2 is 1.75 bits per heavy atom. The van der Waals surface area contributed by atoms with Gasteiger partial charge in [-0.1, -0.05) is 18.2 Å². The van der Waals surface area contributed by atoms with Gasteiger partial charge in [-0.15, -0.1) is 11.8 Å². The molecule has 5 nitrogen and oxygen atoms in total. The highest BCUT2D eigenvalue weighted by Crippen LogP contribution is 2.34. The summed E-state index contributed by atoms with van der Waals surface area (Å²) in [5.41, 5.74) is 1.31. The Morgan fingerprint density at radius 3 is 2.38 bits per heavy atom. The van der Waals surface area contributed by atoms with E-state index in [2.05, 4.69) is 5.32 Å². The molecule has 6 heteroatoms. The van der Waals surface area contributed by atoms with Gasteiger partial charge in [0.05, 0.1) is 10.9 Å². The minimum Gasteiger partial charge on any atom is -0.326 e. The molecule has 2 aromatic carbocycles. The van der Waals surface area contributed by atoms with Crippen LogP contribution in [-0.4, -0.2) is 23.0 Å². The summed E-state index contributed by atoms with van der Waals surface area (Å²) in [7, 11) is 0. The van der Waals surface area contributed by atoms with Crippen LogP contribution in [0.5, 0.6) is 0 Å². The number of para-hydroxylation sites is 1. The molecule has 0 aromatic heterocycles. The Kier molecular flexibility index (Phi) is 4.66. The van der Waals surface area contributed by atoms with Crippen molar-refractivity contribution in [1.29, 1.82) is 0 Å². The molecule has 2 aromatic rings. The van der Waals surface area contributed by atoms with Gasteiger partial charge in [-0.3, -0.25) is 14.4 Å². The molecule has 1 heterocycles. The molecule has 3 rings (SSSR count). The smallest absolute Gasteiger partial charge is 0.247 e. The number of thioether (sulfide) groups is 1. The largest absolute Gasteiger partial charge is 0.326 e. The van der Waals surface area contributed by atoms with Crippen molar-refractivity contribution in [1.82, 2.24) is 0 Å². The monoisotopic (exact) mass is 340 g/mol. The number of nitrogens with zero attached hydrogens (tertiary/aromatic N) is 1. The normalized spacial score (nSPS) is 17.2. The predicted molar refractivity (Wildman–Crippen MR) is 93.9 cm³/mol. The van der Waals surface area contributed by atoms with Crippen LogP contribution in [0, 0.1) is 0 Å². The lowest BCUT2D eigenvalue weighted by Crippen LogP contribution is -2.30. The van der Waals surface area contributed by atoms with Crippen molar-refractivity contribution >= 4 is 40.9 Å².